The molecule has 21 heavy (non-hydrogen) atoms. The molecule has 5 heteroatoms. The number of rotatable bonds is 2. The number of aryl methyl sites for hydroxylation is 1. The average molecular weight is 303 g/mol. The third-order valence-electron chi connectivity index (χ3n) is 4.17. The predicted octanol–water partition coefficient (Wildman–Crippen LogP) is 3.15. The van der Waals surface area contributed by atoms with E-state index in [2.05, 4.69) is 0 Å². The maximum atomic E-state index is 12.7. The van der Waals surface area contributed by atoms with E-state index in [4.69, 9.17) is 5.11 Å². The molecule has 0 aliphatic carbocycles. The van der Waals surface area contributed by atoms with Crippen LogP contribution in [0.3, 0.4) is 0 Å². The molecule has 1 amide bonds. The van der Waals surface area contributed by atoms with Gasteiger partial charge in [0.25, 0.3) is 5.91 Å². The summed E-state index contributed by atoms with van der Waals surface area (Å²) >= 11 is 1.53. The maximum Gasteiger partial charge on any atom is 0.306 e. The van der Waals surface area contributed by atoms with E-state index in [9.17, 15) is 9.59 Å². The number of carbonyl (C=O) groups is 2. The molecule has 1 aromatic carbocycles. The van der Waals surface area contributed by atoms with Crippen LogP contribution in [0.15, 0.2) is 24.3 Å². The second kappa shape index (κ2) is 5.48. The lowest BCUT2D eigenvalue weighted by atomic mass is 9.97. The number of thiophene rings is 1. The highest BCUT2D eigenvalue weighted by molar-refractivity contribution is 7.21. The molecule has 1 saturated heterocycles. The first-order valence-corrected chi connectivity index (χ1v) is 7.90. The molecule has 4 nitrogen and oxygen atoms in total. The van der Waals surface area contributed by atoms with Crippen LogP contribution in [0, 0.1) is 12.8 Å². The summed E-state index contributed by atoms with van der Waals surface area (Å²) in [5.41, 5.74) is 1.03. The Labute approximate surface area is 127 Å². The van der Waals surface area contributed by atoms with Gasteiger partial charge in [0.05, 0.1) is 10.8 Å². The van der Waals surface area contributed by atoms with Gasteiger partial charge in [-0.3, -0.25) is 9.59 Å². The van der Waals surface area contributed by atoms with E-state index in [1.165, 1.54) is 11.3 Å². The third kappa shape index (κ3) is 2.53. The first-order chi connectivity index (χ1) is 10.1. The number of amides is 1. The van der Waals surface area contributed by atoms with Gasteiger partial charge in [-0.05, 0) is 36.8 Å². The fourth-order valence-corrected chi connectivity index (χ4v) is 4.03. The number of aliphatic carboxylic acids is 1. The van der Waals surface area contributed by atoms with Crippen molar-refractivity contribution in [2.24, 2.45) is 5.92 Å². The van der Waals surface area contributed by atoms with Crippen molar-refractivity contribution in [1.82, 2.24) is 4.90 Å². The molecule has 110 valence electrons. The smallest absolute Gasteiger partial charge is 0.306 e. The van der Waals surface area contributed by atoms with Crippen LogP contribution in [0.5, 0.6) is 0 Å². The number of fused-ring (bicyclic) bond motifs is 1. The van der Waals surface area contributed by atoms with Crippen molar-refractivity contribution >= 4 is 33.3 Å². The molecule has 0 spiro atoms. The number of carboxylic acids is 1. The molecule has 1 aliphatic heterocycles. The summed E-state index contributed by atoms with van der Waals surface area (Å²) < 4.78 is 1.12. The Balaban J connectivity index is 1.82. The van der Waals surface area contributed by atoms with Gasteiger partial charge in [0.1, 0.15) is 0 Å². The Kier molecular flexibility index (Phi) is 3.68. The number of carbonyl (C=O) groups excluding carboxylic acids is 1. The number of piperidine rings is 1. The molecule has 0 unspecified atom stereocenters. The van der Waals surface area contributed by atoms with Crippen molar-refractivity contribution in [2.45, 2.75) is 19.8 Å². The number of hydrogen-bond acceptors (Lipinski definition) is 3. The minimum atomic E-state index is -0.750. The van der Waals surface area contributed by atoms with E-state index in [-0.39, 0.29) is 11.8 Å². The molecule has 1 N–H and O–H groups in total. The van der Waals surface area contributed by atoms with E-state index in [0.717, 1.165) is 20.5 Å². The minimum Gasteiger partial charge on any atom is -0.481 e. The molecule has 0 radical (unpaired) electrons. The Morgan fingerprint density at radius 3 is 2.52 bits per heavy atom. The van der Waals surface area contributed by atoms with Crippen molar-refractivity contribution < 1.29 is 14.7 Å². The normalized spacial score (nSPS) is 16.3. The zero-order chi connectivity index (χ0) is 15.0. The second-order valence-corrected chi connectivity index (χ2v) is 6.51. The molecule has 2 aromatic rings. The zero-order valence-corrected chi connectivity index (χ0v) is 12.7. The van der Waals surface area contributed by atoms with Gasteiger partial charge in [-0.1, -0.05) is 18.2 Å². The van der Waals surface area contributed by atoms with Gasteiger partial charge in [0, 0.05) is 17.8 Å². The summed E-state index contributed by atoms with van der Waals surface area (Å²) in [6.07, 6.45) is 1.09. The summed E-state index contributed by atoms with van der Waals surface area (Å²) in [6.45, 7) is 3.04. The Morgan fingerprint density at radius 1 is 1.24 bits per heavy atom. The van der Waals surface area contributed by atoms with Crippen LogP contribution in [-0.4, -0.2) is 35.0 Å². The first-order valence-electron chi connectivity index (χ1n) is 7.08. The molecule has 1 aromatic heterocycles. The van der Waals surface area contributed by atoms with Crippen molar-refractivity contribution in [1.29, 1.82) is 0 Å². The van der Waals surface area contributed by atoms with Gasteiger partial charge in [0.2, 0.25) is 0 Å². The first kappa shape index (κ1) is 14.1. The molecular weight excluding hydrogens is 286 g/mol. The van der Waals surface area contributed by atoms with E-state index < -0.39 is 5.97 Å². The number of likely N-dealkylation sites (tertiary alicyclic amines) is 1. The standard InChI is InChI=1S/C16H17NO3S/c1-10-12-4-2-3-5-13(12)21-14(10)15(18)17-8-6-11(7-9-17)16(19)20/h2-5,11H,6-9H2,1H3,(H,19,20). The highest BCUT2D eigenvalue weighted by Gasteiger charge is 2.29. The number of carboxylic acid groups (broad SMARTS) is 1. The van der Waals surface area contributed by atoms with E-state index in [1.54, 1.807) is 4.90 Å². The maximum absolute atomic E-state index is 12.7. The van der Waals surface area contributed by atoms with Crippen molar-refractivity contribution in [3.63, 3.8) is 0 Å². The van der Waals surface area contributed by atoms with Crippen LogP contribution in [0.4, 0.5) is 0 Å². The second-order valence-electron chi connectivity index (χ2n) is 5.46. The average Bonchev–Trinajstić information content (AvgIpc) is 2.84. The Morgan fingerprint density at radius 2 is 1.90 bits per heavy atom. The summed E-state index contributed by atoms with van der Waals surface area (Å²) in [5.74, 6) is -1.02. The van der Waals surface area contributed by atoms with Crippen molar-refractivity contribution in [3.8, 4) is 0 Å². The van der Waals surface area contributed by atoms with Crippen LogP contribution < -0.4 is 0 Å². The van der Waals surface area contributed by atoms with Gasteiger partial charge >= 0.3 is 5.97 Å². The van der Waals surface area contributed by atoms with Crippen LogP contribution in [0.2, 0.25) is 0 Å². The highest BCUT2D eigenvalue weighted by Crippen LogP contribution is 2.32. The van der Waals surface area contributed by atoms with Gasteiger partial charge in [-0.15, -0.1) is 11.3 Å². The number of hydrogen-bond donors (Lipinski definition) is 1. The van der Waals surface area contributed by atoms with Crippen molar-refractivity contribution in [2.75, 3.05) is 13.1 Å². The van der Waals surface area contributed by atoms with Gasteiger partial charge < -0.3 is 10.0 Å². The largest absolute Gasteiger partial charge is 0.481 e. The lowest BCUT2D eigenvalue weighted by Crippen LogP contribution is -2.40. The monoisotopic (exact) mass is 303 g/mol. The molecule has 1 fully saturated rings. The fourth-order valence-electron chi connectivity index (χ4n) is 2.85. The summed E-state index contributed by atoms with van der Waals surface area (Å²) in [5, 5.41) is 10.1. The fraction of sp³-hybridized carbons (Fsp3) is 0.375. The molecule has 1 aliphatic rings. The molecule has 2 heterocycles. The van der Waals surface area contributed by atoms with Crippen molar-refractivity contribution in [3.05, 3.63) is 34.7 Å². The van der Waals surface area contributed by atoms with E-state index in [1.807, 2.05) is 31.2 Å². The summed E-state index contributed by atoms with van der Waals surface area (Å²) in [4.78, 5) is 26.2. The molecule has 3 rings (SSSR count). The van der Waals surface area contributed by atoms with E-state index in [0.29, 0.717) is 25.9 Å². The number of benzene rings is 1. The van der Waals surface area contributed by atoms with Gasteiger partial charge in [0.15, 0.2) is 0 Å². The minimum absolute atomic E-state index is 0.0394. The summed E-state index contributed by atoms with van der Waals surface area (Å²) in [7, 11) is 0. The van der Waals surface area contributed by atoms with Gasteiger partial charge in [-0.25, -0.2) is 0 Å². The lowest BCUT2D eigenvalue weighted by Gasteiger charge is -2.30. The highest BCUT2D eigenvalue weighted by atomic mass is 32.1. The predicted molar refractivity (Wildman–Crippen MR) is 82.8 cm³/mol. The van der Waals surface area contributed by atoms with Crippen LogP contribution in [-0.2, 0) is 4.79 Å². The SMILES string of the molecule is Cc1c(C(=O)N2CCC(C(=O)O)CC2)sc2ccccc12. The molecular formula is C16H17NO3S. The van der Waals surface area contributed by atoms with Crippen LogP contribution in [0.25, 0.3) is 10.1 Å². The van der Waals surface area contributed by atoms with E-state index >= 15 is 0 Å². The molecule has 0 saturated carbocycles. The quantitative estimate of drug-likeness (QED) is 0.927. The van der Waals surface area contributed by atoms with Gasteiger partial charge in [-0.2, -0.15) is 0 Å². The molecule has 0 atom stereocenters. The molecule has 0 bridgehead atoms. The summed E-state index contributed by atoms with van der Waals surface area (Å²) in [6, 6.07) is 8.02. The lowest BCUT2D eigenvalue weighted by molar-refractivity contribution is -0.143. The van der Waals surface area contributed by atoms with Crippen LogP contribution >= 0.6 is 11.3 Å². The third-order valence-corrected chi connectivity index (χ3v) is 5.43. The number of nitrogens with zero attached hydrogens (tertiary/aromatic N) is 1. The Hall–Kier alpha value is -1.88. The van der Waals surface area contributed by atoms with Crippen LogP contribution in [0.1, 0.15) is 28.1 Å². The topological polar surface area (TPSA) is 57.6 Å². The zero-order valence-electron chi connectivity index (χ0n) is 11.8. The Bertz CT molecular complexity index is 699.